The standard InChI is InChI=1S/C32H12BF24.C12H11N2O/c34-25(35,36)13-1-14(26(37,38)39)6-21(5-13)33(22-7-15(27(40,41)42)2-16(8-22)28(43,44)45,23-9-17(29(46,47)48)3-18(10-23)30(49,50)51)24-11-19(31(52,53)54)4-20(12-24)32(55,56)57;15-10-12-8-13-6-7-14(12)9-11-4-2-1-3-5-11/h1-12H;1-8,10H,9H2/q-1;+1. The number of nitrogens with zero attached hydrogens (tertiary/aromatic N) is 2. The van der Waals surface area contributed by atoms with E-state index in [0.717, 1.165) is 11.8 Å². The Kier molecular flexibility index (Phi) is 15.1. The highest BCUT2D eigenvalue weighted by atomic mass is 19.4. The van der Waals surface area contributed by atoms with Crippen LogP contribution in [0.15, 0.2) is 122 Å². The summed E-state index contributed by atoms with van der Waals surface area (Å²) in [4.78, 5) is 14.7. The Hall–Kier alpha value is -6.77. The van der Waals surface area contributed by atoms with Crippen molar-refractivity contribution in [3.05, 3.63) is 177 Å². The summed E-state index contributed by atoms with van der Waals surface area (Å²) in [5.41, 5.74) is -28.5. The topological polar surface area (TPSA) is 33.8 Å². The number of carbonyl (C=O) groups excluding carboxylic acids is 1. The summed E-state index contributed by atoms with van der Waals surface area (Å²) in [6.07, 6.45) is -48.9. The maximum atomic E-state index is 14.2. The highest BCUT2D eigenvalue weighted by Crippen LogP contribution is 2.41. The molecule has 386 valence electrons. The quantitative estimate of drug-likeness (QED) is 0.0691. The van der Waals surface area contributed by atoms with Crippen LogP contribution in [0.1, 0.15) is 60.6 Å². The molecule has 6 rings (SSSR count). The highest BCUT2D eigenvalue weighted by Gasteiger charge is 2.47. The first-order valence-corrected chi connectivity index (χ1v) is 19.3. The predicted octanol–water partition coefficient (Wildman–Crippen LogP) is 12.4. The fourth-order valence-electron chi connectivity index (χ4n) is 7.49. The number of aromatic nitrogens is 2. The summed E-state index contributed by atoms with van der Waals surface area (Å²) >= 11 is 0. The molecular formula is C44H23BF24N2O. The lowest BCUT2D eigenvalue weighted by atomic mass is 9.12. The van der Waals surface area contributed by atoms with Crippen molar-refractivity contribution in [2.75, 3.05) is 0 Å². The Morgan fingerprint density at radius 2 is 0.639 bits per heavy atom. The van der Waals surface area contributed by atoms with Gasteiger partial charge < -0.3 is 0 Å². The molecule has 28 heteroatoms. The Morgan fingerprint density at radius 3 is 0.861 bits per heavy atom. The van der Waals surface area contributed by atoms with Crippen LogP contribution in [-0.4, -0.2) is 17.4 Å². The Labute approximate surface area is 387 Å². The number of carbonyl (C=O) groups is 1. The van der Waals surface area contributed by atoms with Crippen molar-refractivity contribution in [1.82, 2.24) is 4.98 Å². The van der Waals surface area contributed by atoms with Gasteiger partial charge in [-0.3, -0.25) is 9.78 Å². The van der Waals surface area contributed by atoms with Crippen LogP contribution in [-0.2, 0) is 56.0 Å². The summed E-state index contributed by atoms with van der Waals surface area (Å²) in [5, 5.41) is 0. The van der Waals surface area contributed by atoms with Gasteiger partial charge in [0, 0.05) is 5.56 Å². The minimum atomic E-state index is -6.13. The number of alkyl halides is 24. The molecule has 0 aliphatic rings. The zero-order chi connectivity index (χ0) is 54.4. The summed E-state index contributed by atoms with van der Waals surface area (Å²) < 4.78 is 343. The molecule has 0 saturated carbocycles. The molecule has 0 atom stereocenters. The molecule has 0 unspecified atom stereocenters. The van der Waals surface area contributed by atoms with Crippen LogP contribution < -0.4 is 26.4 Å². The van der Waals surface area contributed by atoms with Crippen molar-refractivity contribution in [3.8, 4) is 0 Å². The van der Waals surface area contributed by atoms with E-state index in [2.05, 4.69) is 4.98 Å². The molecule has 6 aromatic rings. The summed E-state index contributed by atoms with van der Waals surface area (Å²) in [7, 11) is 0. The maximum Gasteiger partial charge on any atom is 0.416 e. The molecule has 1 heterocycles. The number of rotatable bonds is 7. The molecule has 0 amide bonds. The van der Waals surface area contributed by atoms with Crippen LogP contribution in [0.3, 0.4) is 0 Å². The highest BCUT2D eigenvalue weighted by molar-refractivity contribution is 7.20. The van der Waals surface area contributed by atoms with E-state index in [9.17, 15) is 110 Å². The van der Waals surface area contributed by atoms with E-state index in [1.54, 1.807) is 18.6 Å². The molecule has 0 fully saturated rings. The molecule has 0 spiro atoms. The zero-order valence-electron chi connectivity index (χ0n) is 34.8. The maximum absolute atomic E-state index is 14.2. The lowest BCUT2D eigenvalue weighted by molar-refractivity contribution is -0.690. The SMILES string of the molecule is FC(F)(F)c1cc([B-](c2cc(C(F)(F)F)cc(C(F)(F)F)c2)(c2cc(C(F)(F)F)cc(C(F)(F)F)c2)c2cc(C(F)(F)F)cc(C(F)(F)F)c2)cc(C(F)(F)F)c1.O=Cc1cncc[n+]1Cc1ccccc1. The van der Waals surface area contributed by atoms with Gasteiger partial charge in [-0.05, 0) is 24.3 Å². The van der Waals surface area contributed by atoms with Gasteiger partial charge in [0.1, 0.15) is 12.3 Å². The van der Waals surface area contributed by atoms with E-state index in [4.69, 9.17) is 0 Å². The first-order chi connectivity index (χ1) is 32.7. The minimum absolute atomic E-state index is 0.585. The first kappa shape index (κ1) is 56.2. The largest absolute Gasteiger partial charge is 0.416 e. The van der Waals surface area contributed by atoms with Gasteiger partial charge in [0.15, 0.2) is 12.7 Å². The molecule has 5 aromatic carbocycles. The predicted molar refractivity (Wildman–Crippen MR) is 205 cm³/mol. The second-order valence-corrected chi connectivity index (χ2v) is 15.5. The van der Waals surface area contributed by atoms with Crippen LogP contribution in [0.5, 0.6) is 0 Å². The number of hydrogen-bond donors (Lipinski definition) is 0. The van der Waals surface area contributed by atoms with Crippen molar-refractivity contribution in [3.63, 3.8) is 0 Å². The third kappa shape index (κ3) is 12.8. The Morgan fingerprint density at radius 1 is 0.389 bits per heavy atom. The van der Waals surface area contributed by atoms with Crippen molar-refractivity contribution in [1.29, 1.82) is 0 Å². The summed E-state index contributed by atoms with van der Waals surface area (Å²) in [6.45, 7) is 0.692. The fraction of sp³-hybridized carbons (Fsp3) is 0.205. The van der Waals surface area contributed by atoms with Crippen molar-refractivity contribution < 1.29 is 115 Å². The molecule has 0 aliphatic carbocycles. The second kappa shape index (κ2) is 19.3. The van der Waals surface area contributed by atoms with Gasteiger partial charge in [0.25, 0.3) is 5.69 Å². The molecule has 0 aliphatic heterocycles. The van der Waals surface area contributed by atoms with Crippen LogP contribution in [0.25, 0.3) is 0 Å². The van der Waals surface area contributed by atoms with Gasteiger partial charge in [-0.2, -0.15) is 132 Å². The summed E-state index contributed by atoms with van der Waals surface area (Å²) in [5.74, 6) is 0. The van der Waals surface area contributed by atoms with Crippen LogP contribution >= 0.6 is 0 Å². The molecule has 0 saturated heterocycles. The van der Waals surface area contributed by atoms with E-state index < -0.39 is 195 Å². The van der Waals surface area contributed by atoms with Gasteiger partial charge in [-0.15, -0.1) is 0 Å². The average Bonchev–Trinajstić information content (AvgIpc) is 3.25. The molecule has 1 aromatic heterocycles. The third-order valence-corrected chi connectivity index (χ3v) is 10.6. The fourth-order valence-corrected chi connectivity index (χ4v) is 7.49. The molecule has 0 bridgehead atoms. The van der Waals surface area contributed by atoms with Crippen LogP contribution in [0.2, 0.25) is 0 Å². The second-order valence-electron chi connectivity index (χ2n) is 15.5. The van der Waals surface area contributed by atoms with E-state index in [1.165, 1.54) is 0 Å². The van der Waals surface area contributed by atoms with Crippen molar-refractivity contribution >= 4 is 34.3 Å². The van der Waals surface area contributed by atoms with Gasteiger partial charge >= 0.3 is 49.4 Å². The van der Waals surface area contributed by atoms with Crippen LogP contribution in [0, 0.1) is 0 Å². The number of hydrogen-bond acceptors (Lipinski definition) is 2. The Bertz CT molecular complexity index is 2470. The van der Waals surface area contributed by atoms with E-state index in [-0.39, 0.29) is 0 Å². The number of halogens is 24. The molecule has 3 nitrogen and oxygen atoms in total. The lowest BCUT2D eigenvalue weighted by Gasteiger charge is -2.46. The van der Waals surface area contributed by atoms with E-state index >= 15 is 0 Å². The van der Waals surface area contributed by atoms with Gasteiger partial charge in [0.2, 0.25) is 6.29 Å². The molecule has 72 heavy (non-hydrogen) atoms. The van der Waals surface area contributed by atoms with Gasteiger partial charge in [0.05, 0.1) is 50.7 Å². The summed E-state index contributed by atoms with van der Waals surface area (Å²) in [6, 6.07) is 1.19. The van der Waals surface area contributed by atoms with Crippen molar-refractivity contribution in [2.24, 2.45) is 0 Å². The van der Waals surface area contributed by atoms with Crippen molar-refractivity contribution in [2.45, 2.75) is 56.0 Å². The number of aldehydes is 1. The number of benzene rings is 5. The van der Waals surface area contributed by atoms with Crippen LogP contribution in [0.4, 0.5) is 105 Å². The monoisotopic (exact) mass is 1060 g/mol. The Balaban J connectivity index is 0.000000542. The van der Waals surface area contributed by atoms with E-state index in [0.29, 0.717) is 12.2 Å². The zero-order valence-corrected chi connectivity index (χ0v) is 34.8. The molecular weight excluding hydrogens is 1040 g/mol. The van der Waals surface area contributed by atoms with Gasteiger partial charge in [-0.25, -0.2) is 0 Å². The normalized spacial score (nSPS) is 13.4. The molecule has 0 radical (unpaired) electrons. The van der Waals surface area contributed by atoms with E-state index in [1.807, 2.05) is 34.9 Å². The van der Waals surface area contributed by atoms with Gasteiger partial charge in [-0.1, -0.05) is 78.9 Å². The third-order valence-electron chi connectivity index (χ3n) is 10.6. The smallest absolute Gasteiger partial charge is 0.291 e. The first-order valence-electron chi connectivity index (χ1n) is 19.3. The minimum Gasteiger partial charge on any atom is -0.291 e. The molecule has 0 N–H and O–H groups in total. The lowest BCUT2D eigenvalue weighted by Crippen LogP contribution is -2.75. The average molecular weight is 1060 g/mol.